The Labute approximate surface area is 229 Å². The molecule has 2 heterocycles. The van der Waals surface area contributed by atoms with E-state index in [1.807, 2.05) is 42.5 Å². The van der Waals surface area contributed by atoms with Crippen molar-refractivity contribution in [2.24, 2.45) is 11.8 Å². The summed E-state index contributed by atoms with van der Waals surface area (Å²) in [5.74, 6) is -2.02. The number of halogens is 1. The number of amides is 2. The Balaban J connectivity index is 1.44. The first-order chi connectivity index (χ1) is 18.9. The number of allylic oxidation sites excluding steroid dienone is 2. The van der Waals surface area contributed by atoms with Crippen LogP contribution in [-0.4, -0.2) is 59.6 Å². The minimum Gasteiger partial charge on any atom is -0.463 e. The van der Waals surface area contributed by atoms with Crippen LogP contribution in [0.5, 0.6) is 0 Å². The fraction of sp³-hybridized carbons (Fsp3) is 0.452. The summed E-state index contributed by atoms with van der Waals surface area (Å²) < 4.78 is 19.0. The first-order valence-electron chi connectivity index (χ1n) is 13.7. The zero-order valence-electron chi connectivity index (χ0n) is 22.1. The Hall–Kier alpha value is -3.52. The number of ether oxygens (including phenoxy) is 1. The Morgan fingerprint density at radius 1 is 1.03 bits per heavy atom. The lowest BCUT2D eigenvalue weighted by atomic mass is 9.94. The number of hydrogen-bond acceptors (Lipinski definition) is 5. The average molecular weight is 537 g/mol. The number of fused-ring (bicyclic) bond motifs is 1. The molecule has 0 spiro atoms. The second-order valence-corrected chi connectivity index (χ2v) is 10.5. The van der Waals surface area contributed by atoms with E-state index in [-0.39, 0.29) is 49.3 Å². The maximum atomic E-state index is 13.5. The topological polar surface area (TPSA) is 95.9 Å². The van der Waals surface area contributed by atoms with Gasteiger partial charge >= 0.3 is 5.97 Å². The van der Waals surface area contributed by atoms with Gasteiger partial charge < -0.3 is 20.1 Å². The fourth-order valence-electron chi connectivity index (χ4n) is 5.36. The highest BCUT2D eigenvalue weighted by molar-refractivity contribution is 5.86. The minimum atomic E-state index is -0.552. The number of aliphatic hydroxyl groups is 1. The molecule has 2 aliphatic rings. The van der Waals surface area contributed by atoms with Gasteiger partial charge in [0.1, 0.15) is 12.4 Å². The van der Waals surface area contributed by atoms with E-state index in [0.717, 1.165) is 24.0 Å². The zero-order chi connectivity index (χ0) is 27.6. The van der Waals surface area contributed by atoms with Crippen molar-refractivity contribution >= 4 is 17.8 Å². The Kier molecular flexibility index (Phi) is 10.3. The van der Waals surface area contributed by atoms with Crippen LogP contribution in [0.25, 0.3) is 0 Å². The van der Waals surface area contributed by atoms with Gasteiger partial charge in [-0.3, -0.25) is 14.4 Å². The van der Waals surface area contributed by atoms with Crippen molar-refractivity contribution in [2.75, 3.05) is 19.8 Å². The number of aliphatic hydroxyl groups excluding tert-OH is 1. The second kappa shape index (κ2) is 14.0. The summed E-state index contributed by atoms with van der Waals surface area (Å²) in [6, 6.07) is 15.1. The van der Waals surface area contributed by atoms with Crippen molar-refractivity contribution in [2.45, 2.75) is 57.0 Å². The summed E-state index contributed by atoms with van der Waals surface area (Å²) in [5.41, 5.74) is 1.85. The molecule has 7 nitrogen and oxygen atoms in total. The number of nitrogens with zero attached hydrogens (tertiary/aromatic N) is 1. The van der Waals surface area contributed by atoms with Gasteiger partial charge in [-0.25, -0.2) is 4.39 Å². The maximum absolute atomic E-state index is 13.5. The predicted molar refractivity (Wildman–Crippen MR) is 145 cm³/mol. The van der Waals surface area contributed by atoms with E-state index in [9.17, 15) is 23.9 Å². The minimum absolute atomic E-state index is 0.0104. The summed E-state index contributed by atoms with van der Waals surface area (Å²) in [6.07, 6.45) is 6.99. The van der Waals surface area contributed by atoms with E-state index in [2.05, 4.69) is 5.32 Å². The summed E-state index contributed by atoms with van der Waals surface area (Å²) in [4.78, 5) is 41.2. The van der Waals surface area contributed by atoms with E-state index in [1.54, 1.807) is 17.0 Å². The van der Waals surface area contributed by atoms with E-state index in [0.29, 0.717) is 32.2 Å². The fourth-order valence-corrected chi connectivity index (χ4v) is 5.36. The van der Waals surface area contributed by atoms with Crippen molar-refractivity contribution < 1.29 is 28.6 Å². The molecule has 39 heavy (non-hydrogen) atoms. The smallest absolute Gasteiger partial charge is 0.309 e. The molecule has 0 aromatic heterocycles. The molecule has 4 rings (SSSR count). The van der Waals surface area contributed by atoms with Gasteiger partial charge in [0.25, 0.3) is 0 Å². The van der Waals surface area contributed by atoms with Crippen molar-refractivity contribution in [1.82, 2.24) is 10.2 Å². The van der Waals surface area contributed by atoms with Gasteiger partial charge in [0.05, 0.1) is 30.5 Å². The highest BCUT2D eigenvalue weighted by Gasteiger charge is 2.35. The van der Waals surface area contributed by atoms with E-state index >= 15 is 0 Å². The van der Waals surface area contributed by atoms with Crippen LogP contribution < -0.4 is 5.32 Å². The molecular formula is C31H37FN2O5. The number of benzene rings is 2. The van der Waals surface area contributed by atoms with Crippen LogP contribution in [0.2, 0.25) is 0 Å². The highest BCUT2D eigenvalue weighted by atomic mass is 19.1. The van der Waals surface area contributed by atoms with Gasteiger partial charge in [-0.15, -0.1) is 0 Å². The normalized spacial score (nSPS) is 23.6. The molecule has 208 valence electrons. The molecule has 0 radical (unpaired) electrons. The molecule has 1 fully saturated rings. The van der Waals surface area contributed by atoms with Gasteiger partial charge in [-0.1, -0.05) is 54.6 Å². The van der Waals surface area contributed by atoms with Crippen LogP contribution in [0.3, 0.4) is 0 Å². The maximum Gasteiger partial charge on any atom is 0.309 e. The monoisotopic (exact) mass is 536 g/mol. The van der Waals surface area contributed by atoms with Gasteiger partial charge in [-0.2, -0.15) is 0 Å². The van der Waals surface area contributed by atoms with Crippen molar-refractivity contribution in [3.63, 3.8) is 0 Å². The molecule has 1 saturated heterocycles. The lowest BCUT2D eigenvalue weighted by molar-refractivity contribution is -0.152. The van der Waals surface area contributed by atoms with E-state index in [1.165, 1.54) is 12.1 Å². The van der Waals surface area contributed by atoms with Gasteiger partial charge in [-0.05, 0) is 61.8 Å². The SMILES string of the molecule is O=C(C[C@@H]1C/C=C/C[C@@H](Cc2ccc(F)cc2)C(=O)OC[C@H]2CCCN2C1=O)N[C@H](CO)Cc1ccccc1. The second-order valence-electron chi connectivity index (χ2n) is 10.5. The lowest BCUT2D eigenvalue weighted by Crippen LogP contribution is -2.45. The van der Waals surface area contributed by atoms with Crippen LogP contribution in [-0.2, 0) is 32.0 Å². The molecule has 8 heteroatoms. The van der Waals surface area contributed by atoms with Crippen molar-refractivity contribution in [1.29, 1.82) is 0 Å². The highest BCUT2D eigenvalue weighted by Crippen LogP contribution is 2.25. The number of nitrogens with one attached hydrogen (secondary N) is 1. The van der Waals surface area contributed by atoms with Gasteiger partial charge in [0.15, 0.2) is 0 Å². The number of esters is 1. The van der Waals surface area contributed by atoms with Crippen LogP contribution in [0.15, 0.2) is 66.7 Å². The quantitative estimate of drug-likeness (QED) is 0.397. The molecule has 4 atom stereocenters. The van der Waals surface area contributed by atoms with Gasteiger partial charge in [0.2, 0.25) is 11.8 Å². The number of carbonyl (C=O) groups excluding carboxylic acids is 3. The Bertz CT molecular complexity index is 1140. The molecule has 2 aromatic rings. The van der Waals surface area contributed by atoms with E-state index < -0.39 is 17.9 Å². The molecule has 2 aromatic carbocycles. The number of cyclic esters (lactones) is 1. The van der Waals surface area contributed by atoms with Crippen LogP contribution in [0, 0.1) is 17.7 Å². The van der Waals surface area contributed by atoms with E-state index in [4.69, 9.17) is 4.74 Å². The third-order valence-corrected chi connectivity index (χ3v) is 7.51. The van der Waals surface area contributed by atoms with Crippen molar-refractivity contribution in [3.05, 3.63) is 83.7 Å². The Morgan fingerprint density at radius 3 is 2.46 bits per heavy atom. The first kappa shape index (κ1) is 28.5. The molecular weight excluding hydrogens is 499 g/mol. The zero-order valence-corrected chi connectivity index (χ0v) is 22.1. The third-order valence-electron chi connectivity index (χ3n) is 7.51. The molecule has 0 bridgehead atoms. The largest absolute Gasteiger partial charge is 0.463 e. The lowest BCUT2D eigenvalue weighted by Gasteiger charge is -2.29. The first-order valence-corrected chi connectivity index (χ1v) is 13.7. The third kappa shape index (κ3) is 8.23. The molecule has 0 unspecified atom stereocenters. The molecule has 0 saturated carbocycles. The number of rotatable bonds is 8. The van der Waals surface area contributed by atoms with Crippen LogP contribution in [0.4, 0.5) is 4.39 Å². The molecule has 2 N–H and O–H groups in total. The standard InChI is InChI=1S/C31H37FN2O5/c32-26-14-12-23(13-15-26)17-25-10-5-4-9-24(30(37)34-16-6-11-28(34)21-39-31(25)38)19-29(36)33-27(20-35)18-22-7-2-1-3-8-22/h1-5,7-8,12-15,24-25,27-28,35H,6,9-11,16-21H2,(H,33,36)/b5-4+/t24-,25-,27-,28+/m0/s1. The van der Waals surface area contributed by atoms with Gasteiger partial charge in [0, 0.05) is 13.0 Å². The van der Waals surface area contributed by atoms with Crippen LogP contribution in [0.1, 0.15) is 43.2 Å². The predicted octanol–water partition coefficient (Wildman–Crippen LogP) is 3.59. The summed E-state index contributed by atoms with van der Waals surface area (Å²) in [6.45, 7) is 0.486. The van der Waals surface area contributed by atoms with Crippen molar-refractivity contribution in [3.8, 4) is 0 Å². The Morgan fingerprint density at radius 2 is 1.74 bits per heavy atom. The summed E-state index contributed by atoms with van der Waals surface area (Å²) in [5, 5.41) is 12.7. The van der Waals surface area contributed by atoms with Crippen LogP contribution >= 0.6 is 0 Å². The molecule has 2 aliphatic heterocycles. The summed E-state index contributed by atoms with van der Waals surface area (Å²) in [7, 11) is 0. The number of carbonyl (C=O) groups is 3. The molecule has 0 aliphatic carbocycles. The summed E-state index contributed by atoms with van der Waals surface area (Å²) >= 11 is 0. The molecule has 2 amide bonds. The number of hydrogen-bond donors (Lipinski definition) is 2. The average Bonchev–Trinajstić information content (AvgIpc) is 3.41.